The summed E-state index contributed by atoms with van der Waals surface area (Å²) in [6.45, 7) is 9.92. The lowest BCUT2D eigenvalue weighted by molar-refractivity contribution is 0.306. The molecule has 0 aliphatic rings. The van der Waals surface area contributed by atoms with E-state index in [9.17, 15) is 0 Å². The third kappa shape index (κ3) is 6.26. The number of hydrogen-bond donors (Lipinski definition) is 1. The van der Waals surface area contributed by atoms with Gasteiger partial charge in [0.15, 0.2) is 0 Å². The summed E-state index contributed by atoms with van der Waals surface area (Å²) in [6.07, 6.45) is 1.32. The Bertz CT molecular complexity index is 441. The van der Waals surface area contributed by atoms with E-state index in [-0.39, 0.29) is 5.54 Å². The number of ether oxygens (including phenoxy) is 1. The maximum atomic E-state index is 8.51. The maximum Gasteiger partial charge on any atom is 0.123 e. The van der Waals surface area contributed by atoms with Crippen LogP contribution in [0.3, 0.4) is 0 Å². The third-order valence-corrected chi connectivity index (χ3v) is 2.72. The topological polar surface area (TPSA) is 45.0 Å². The monoisotopic (exact) mass is 260 g/mol. The summed E-state index contributed by atoms with van der Waals surface area (Å²) in [5.74, 6) is 0.917. The van der Waals surface area contributed by atoms with Crippen LogP contribution in [-0.4, -0.2) is 12.1 Å². The first kappa shape index (κ1) is 15.5. The zero-order chi connectivity index (χ0) is 14.3. The van der Waals surface area contributed by atoms with E-state index in [1.54, 1.807) is 0 Å². The number of nitriles is 1. The molecule has 0 radical (unpaired) electrons. The van der Waals surface area contributed by atoms with Crippen LogP contribution < -0.4 is 10.1 Å². The van der Waals surface area contributed by atoms with E-state index in [0.29, 0.717) is 13.0 Å². The van der Waals surface area contributed by atoms with Gasteiger partial charge in [0, 0.05) is 24.1 Å². The van der Waals surface area contributed by atoms with Crippen LogP contribution in [0, 0.1) is 18.3 Å². The molecule has 0 amide bonds. The van der Waals surface area contributed by atoms with Crippen molar-refractivity contribution in [3.8, 4) is 11.8 Å². The molecule has 3 nitrogen and oxygen atoms in total. The highest BCUT2D eigenvalue weighted by atomic mass is 16.5. The first-order valence-corrected chi connectivity index (χ1v) is 6.77. The Morgan fingerprint density at radius 1 is 1.32 bits per heavy atom. The Hall–Kier alpha value is -1.53. The predicted octanol–water partition coefficient (Wildman–Crippen LogP) is 3.57. The summed E-state index contributed by atoms with van der Waals surface area (Å²) in [6, 6.07) is 8.35. The largest absolute Gasteiger partial charge is 0.493 e. The number of nitrogens with zero attached hydrogens (tertiary/aromatic N) is 1. The second-order valence-electron chi connectivity index (χ2n) is 5.82. The lowest BCUT2D eigenvalue weighted by atomic mass is 10.1. The van der Waals surface area contributed by atoms with E-state index < -0.39 is 0 Å². The lowest BCUT2D eigenvalue weighted by Gasteiger charge is -2.22. The fraction of sp³-hybridized carbons (Fsp3) is 0.562. The molecular formula is C16H24N2O. The van der Waals surface area contributed by atoms with Crippen molar-refractivity contribution in [1.29, 1.82) is 5.26 Å². The molecule has 0 heterocycles. The first-order valence-electron chi connectivity index (χ1n) is 6.77. The summed E-state index contributed by atoms with van der Waals surface area (Å²) in [5, 5.41) is 12.0. The molecule has 0 aromatic heterocycles. The third-order valence-electron chi connectivity index (χ3n) is 2.72. The zero-order valence-corrected chi connectivity index (χ0v) is 12.4. The number of rotatable bonds is 6. The highest BCUT2D eigenvalue weighted by Gasteiger charge is 2.11. The van der Waals surface area contributed by atoms with Crippen molar-refractivity contribution < 1.29 is 4.74 Å². The molecule has 1 aromatic rings. The number of unbranched alkanes of at least 4 members (excludes halogenated alkanes) is 1. The highest BCUT2D eigenvalue weighted by Crippen LogP contribution is 2.21. The molecule has 1 rings (SSSR count). The molecule has 0 aliphatic carbocycles. The van der Waals surface area contributed by atoms with Gasteiger partial charge in [0.05, 0.1) is 12.7 Å². The Balaban J connectivity index is 2.66. The number of aryl methyl sites for hydroxylation is 1. The van der Waals surface area contributed by atoms with Crippen molar-refractivity contribution in [3.63, 3.8) is 0 Å². The van der Waals surface area contributed by atoms with Crippen LogP contribution in [0.1, 0.15) is 44.7 Å². The summed E-state index contributed by atoms with van der Waals surface area (Å²) in [7, 11) is 0. The van der Waals surface area contributed by atoms with Crippen LogP contribution in [0.15, 0.2) is 18.2 Å². The number of hydrogen-bond acceptors (Lipinski definition) is 3. The Morgan fingerprint density at radius 2 is 2.05 bits per heavy atom. The van der Waals surface area contributed by atoms with Crippen molar-refractivity contribution in [2.75, 3.05) is 6.61 Å². The molecule has 104 valence electrons. The Labute approximate surface area is 116 Å². The molecular weight excluding hydrogens is 236 g/mol. The van der Waals surface area contributed by atoms with Crippen LogP contribution in [-0.2, 0) is 6.54 Å². The van der Waals surface area contributed by atoms with Gasteiger partial charge < -0.3 is 10.1 Å². The summed E-state index contributed by atoms with van der Waals surface area (Å²) in [5.41, 5.74) is 2.49. The molecule has 3 heteroatoms. The van der Waals surface area contributed by atoms with E-state index in [0.717, 1.165) is 18.7 Å². The maximum absolute atomic E-state index is 8.51. The normalized spacial score (nSPS) is 11.1. The van der Waals surface area contributed by atoms with Gasteiger partial charge in [0.25, 0.3) is 0 Å². The van der Waals surface area contributed by atoms with Gasteiger partial charge in [-0.3, -0.25) is 0 Å². The standard InChI is InChI=1S/C16H24N2O/c1-13-7-8-15(19-10-6-5-9-17)14(11-13)12-18-16(2,3)4/h7-8,11,18H,5-6,10,12H2,1-4H3. The van der Waals surface area contributed by atoms with E-state index in [1.807, 2.05) is 6.07 Å². The minimum absolute atomic E-state index is 0.0851. The van der Waals surface area contributed by atoms with E-state index >= 15 is 0 Å². The molecule has 1 aromatic carbocycles. The van der Waals surface area contributed by atoms with Gasteiger partial charge in [0.1, 0.15) is 5.75 Å². The number of benzene rings is 1. The average Bonchev–Trinajstić information content (AvgIpc) is 2.33. The second-order valence-corrected chi connectivity index (χ2v) is 5.82. The van der Waals surface area contributed by atoms with Gasteiger partial charge in [-0.25, -0.2) is 0 Å². The number of nitrogens with one attached hydrogen (secondary N) is 1. The molecule has 0 fully saturated rings. The predicted molar refractivity (Wildman–Crippen MR) is 78.1 cm³/mol. The minimum Gasteiger partial charge on any atom is -0.493 e. The molecule has 19 heavy (non-hydrogen) atoms. The van der Waals surface area contributed by atoms with E-state index in [4.69, 9.17) is 10.00 Å². The van der Waals surface area contributed by atoms with Crippen molar-refractivity contribution in [3.05, 3.63) is 29.3 Å². The first-order chi connectivity index (χ1) is 8.92. The second kappa shape index (κ2) is 7.16. The van der Waals surface area contributed by atoms with Crippen molar-refractivity contribution >= 4 is 0 Å². The molecule has 0 atom stereocenters. The summed E-state index contributed by atoms with van der Waals surface area (Å²) >= 11 is 0. The van der Waals surface area contributed by atoms with Crippen LogP contribution in [0.25, 0.3) is 0 Å². The van der Waals surface area contributed by atoms with Crippen molar-refractivity contribution in [2.24, 2.45) is 0 Å². The molecule has 1 N–H and O–H groups in total. The quantitative estimate of drug-likeness (QED) is 0.795. The molecule has 0 unspecified atom stereocenters. The minimum atomic E-state index is 0.0851. The van der Waals surface area contributed by atoms with E-state index in [1.165, 1.54) is 11.1 Å². The molecule has 0 bridgehead atoms. The van der Waals surface area contributed by atoms with Gasteiger partial charge in [-0.2, -0.15) is 5.26 Å². The lowest BCUT2D eigenvalue weighted by Crippen LogP contribution is -2.35. The summed E-state index contributed by atoms with van der Waals surface area (Å²) < 4.78 is 5.77. The smallest absolute Gasteiger partial charge is 0.123 e. The summed E-state index contributed by atoms with van der Waals surface area (Å²) in [4.78, 5) is 0. The van der Waals surface area contributed by atoms with Crippen LogP contribution in [0.4, 0.5) is 0 Å². The molecule has 0 saturated heterocycles. The van der Waals surface area contributed by atoms with Crippen molar-refractivity contribution in [1.82, 2.24) is 5.32 Å². The van der Waals surface area contributed by atoms with Crippen LogP contribution in [0.5, 0.6) is 5.75 Å². The fourth-order valence-corrected chi connectivity index (χ4v) is 1.68. The highest BCUT2D eigenvalue weighted by molar-refractivity contribution is 5.37. The molecule has 0 spiro atoms. The van der Waals surface area contributed by atoms with E-state index in [2.05, 4.69) is 51.2 Å². The molecule has 0 saturated carbocycles. The SMILES string of the molecule is Cc1ccc(OCCCC#N)c(CNC(C)(C)C)c1. The Morgan fingerprint density at radius 3 is 2.68 bits per heavy atom. The Kier molecular flexibility index (Phi) is 5.85. The fourth-order valence-electron chi connectivity index (χ4n) is 1.68. The van der Waals surface area contributed by atoms with Gasteiger partial charge in [-0.05, 0) is 40.2 Å². The van der Waals surface area contributed by atoms with Gasteiger partial charge in [0.2, 0.25) is 0 Å². The van der Waals surface area contributed by atoms with Crippen LogP contribution >= 0.6 is 0 Å². The average molecular weight is 260 g/mol. The molecule has 0 aliphatic heterocycles. The van der Waals surface area contributed by atoms with Crippen LogP contribution in [0.2, 0.25) is 0 Å². The van der Waals surface area contributed by atoms with Gasteiger partial charge in [-0.1, -0.05) is 17.7 Å². The zero-order valence-electron chi connectivity index (χ0n) is 12.4. The van der Waals surface area contributed by atoms with Gasteiger partial charge >= 0.3 is 0 Å². The van der Waals surface area contributed by atoms with Gasteiger partial charge in [-0.15, -0.1) is 0 Å². The van der Waals surface area contributed by atoms with Crippen molar-refractivity contribution in [2.45, 2.75) is 52.6 Å².